The minimum Gasteiger partial charge on any atom is -0.309 e. The zero-order valence-electron chi connectivity index (χ0n) is 12.9. The molecule has 1 aromatic rings. The van der Waals surface area contributed by atoms with Crippen LogP contribution in [0.2, 0.25) is 5.02 Å². The van der Waals surface area contributed by atoms with Crippen molar-refractivity contribution in [3.63, 3.8) is 0 Å². The Kier molecular flexibility index (Phi) is 6.52. The van der Waals surface area contributed by atoms with Crippen molar-refractivity contribution in [1.82, 2.24) is 5.32 Å². The van der Waals surface area contributed by atoms with E-state index in [9.17, 15) is 0 Å². The van der Waals surface area contributed by atoms with Gasteiger partial charge >= 0.3 is 0 Å². The summed E-state index contributed by atoms with van der Waals surface area (Å²) < 4.78 is 0. The molecule has 0 saturated carbocycles. The largest absolute Gasteiger partial charge is 0.309 e. The Morgan fingerprint density at radius 3 is 2.35 bits per heavy atom. The highest BCUT2D eigenvalue weighted by molar-refractivity contribution is 6.30. The summed E-state index contributed by atoms with van der Waals surface area (Å²) in [5.74, 6) is 0.503. The first-order valence-electron chi connectivity index (χ1n) is 7.21. The molecule has 0 spiro atoms. The Balaban J connectivity index is 2.69. The maximum Gasteiger partial charge on any atom is 0.0621 e. The molecular formula is C17H25ClN2. The molecule has 1 unspecified atom stereocenters. The Hall–Kier alpha value is -1.04. The molecule has 0 radical (unpaired) electrons. The second kappa shape index (κ2) is 7.67. The van der Waals surface area contributed by atoms with Crippen molar-refractivity contribution in [3.05, 3.63) is 34.9 Å². The molecule has 0 heterocycles. The normalized spacial score (nSPS) is 13.2. The van der Waals surface area contributed by atoms with Gasteiger partial charge in [-0.2, -0.15) is 5.26 Å². The summed E-state index contributed by atoms with van der Waals surface area (Å²) >= 11 is 5.95. The molecule has 1 atom stereocenters. The summed E-state index contributed by atoms with van der Waals surface area (Å²) in [5, 5.41) is 13.1. The lowest BCUT2D eigenvalue weighted by Gasteiger charge is -2.30. The first-order valence-corrected chi connectivity index (χ1v) is 7.59. The summed E-state index contributed by atoms with van der Waals surface area (Å²) in [6.45, 7) is 9.75. The summed E-state index contributed by atoms with van der Waals surface area (Å²) in [6.07, 6.45) is 1.53. The summed E-state index contributed by atoms with van der Waals surface area (Å²) in [7, 11) is 0. The zero-order chi connectivity index (χ0) is 15.2. The van der Waals surface area contributed by atoms with E-state index in [4.69, 9.17) is 16.9 Å². The number of hydrogen-bond acceptors (Lipinski definition) is 2. The molecule has 2 nitrogen and oxygen atoms in total. The van der Waals surface area contributed by atoms with Gasteiger partial charge in [0.1, 0.15) is 0 Å². The van der Waals surface area contributed by atoms with Crippen LogP contribution in [0.3, 0.4) is 0 Å². The van der Waals surface area contributed by atoms with Gasteiger partial charge in [0, 0.05) is 24.0 Å². The maximum absolute atomic E-state index is 8.72. The Morgan fingerprint density at radius 2 is 1.85 bits per heavy atom. The van der Waals surface area contributed by atoms with Gasteiger partial charge in [0.15, 0.2) is 0 Å². The van der Waals surface area contributed by atoms with Crippen LogP contribution in [0.1, 0.15) is 52.1 Å². The molecule has 0 aliphatic rings. The van der Waals surface area contributed by atoms with Crippen LogP contribution in [0.25, 0.3) is 0 Å². The van der Waals surface area contributed by atoms with Crippen molar-refractivity contribution in [1.29, 1.82) is 5.26 Å². The highest BCUT2D eigenvalue weighted by atomic mass is 35.5. The number of nitriles is 1. The third-order valence-electron chi connectivity index (χ3n) is 3.61. The zero-order valence-corrected chi connectivity index (χ0v) is 13.7. The van der Waals surface area contributed by atoms with E-state index in [2.05, 4.69) is 51.2 Å². The van der Waals surface area contributed by atoms with Gasteiger partial charge in [-0.1, -0.05) is 51.4 Å². The average molecular weight is 293 g/mol. The number of benzene rings is 1. The first kappa shape index (κ1) is 17.0. The average Bonchev–Trinajstić information content (AvgIpc) is 2.38. The minimum absolute atomic E-state index is 0.134. The summed E-state index contributed by atoms with van der Waals surface area (Å²) in [5.41, 5.74) is 1.40. The summed E-state index contributed by atoms with van der Waals surface area (Å²) in [4.78, 5) is 0. The smallest absolute Gasteiger partial charge is 0.0621 e. The van der Waals surface area contributed by atoms with Crippen LogP contribution < -0.4 is 5.32 Å². The number of halogens is 1. The van der Waals surface area contributed by atoms with E-state index in [0.717, 1.165) is 18.0 Å². The molecule has 0 saturated heterocycles. The molecule has 0 aromatic heterocycles. The van der Waals surface area contributed by atoms with E-state index < -0.39 is 0 Å². The molecule has 20 heavy (non-hydrogen) atoms. The van der Waals surface area contributed by atoms with Gasteiger partial charge in [-0.3, -0.25) is 0 Å². The molecule has 0 bridgehead atoms. The molecule has 0 aliphatic heterocycles. The summed E-state index contributed by atoms with van der Waals surface area (Å²) in [6, 6.07) is 10.6. The van der Waals surface area contributed by atoms with Gasteiger partial charge in [-0.15, -0.1) is 0 Å². The van der Waals surface area contributed by atoms with Crippen molar-refractivity contribution in [2.75, 3.05) is 6.54 Å². The van der Waals surface area contributed by atoms with Crippen LogP contribution in [0.5, 0.6) is 0 Å². The molecule has 0 fully saturated rings. The lowest BCUT2D eigenvalue weighted by molar-refractivity contribution is 0.280. The molecule has 3 heteroatoms. The van der Waals surface area contributed by atoms with E-state index >= 15 is 0 Å². The molecule has 1 aromatic carbocycles. The quantitative estimate of drug-likeness (QED) is 0.771. The predicted octanol–water partition coefficient (Wildman–Crippen LogP) is 4.96. The highest BCUT2D eigenvalue weighted by Gasteiger charge is 2.21. The second-order valence-electron chi connectivity index (χ2n) is 6.48. The molecule has 0 aliphatic carbocycles. The van der Waals surface area contributed by atoms with E-state index in [1.165, 1.54) is 5.56 Å². The van der Waals surface area contributed by atoms with Crippen LogP contribution in [0.15, 0.2) is 24.3 Å². The van der Waals surface area contributed by atoms with E-state index in [1.54, 1.807) is 0 Å². The fourth-order valence-electron chi connectivity index (χ4n) is 2.28. The first-order chi connectivity index (χ1) is 9.35. The molecule has 0 amide bonds. The third-order valence-corrected chi connectivity index (χ3v) is 3.86. The van der Waals surface area contributed by atoms with Crippen molar-refractivity contribution in [3.8, 4) is 6.07 Å². The number of nitrogens with one attached hydrogen (secondary N) is 1. The molecular weight excluding hydrogens is 268 g/mol. The van der Waals surface area contributed by atoms with Gasteiger partial charge in [0.25, 0.3) is 0 Å². The van der Waals surface area contributed by atoms with Gasteiger partial charge in [-0.05, 0) is 35.4 Å². The van der Waals surface area contributed by atoms with E-state index in [0.29, 0.717) is 18.4 Å². The molecule has 1 rings (SSSR count). The SMILES string of the molecule is CC(C)C(NCC(C)(C)CCC#N)c1ccc(Cl)cc1. The molecule has 1 N–H and O–H groups in total. The Labute approximate surface area is 128 Å². The standard InChI is InChI=1S/C17H25ClN2/c1-13(2)16(14-6-8-15(18)9-7-14)20-12-17(3,4)10-5-11-19/h6-9,13,16,20H,5,10,12H2,1-4H3. The Morgan fingerprint density at radius 1 is 1.25 bits per heavy atom. The topological polar surface area (TPSA) is 35.8 Å². The number of nitrogens with zero attached hydrogens (tertiary/aromatic N) is 1. The predicted molar refractivity (Wildman–Crippen MR) is 85.7 cm³/mol. The second-order valence-corrected chi connectivity index (χ2v) is 6.91. The monoisotopic (exact) mass is 292 g/mol. The fourth-order valence-corrected chi connectivity index (χ4v) is 2.40. The fraction of sp³-hybridized carbons (Fsp3) is 0.588. The minimum atomic E-state index is 0.134. The lowest BCUT2D eigenvalue weighted by atomic mass is 9.86. The van der Waals surface area contributed by atoms with E-state index in [-0.39, 0.29) is 5.41 Å². The van der Waals surface area contributed by atoms with Crippen LogP contribution in [0, 0.1) is 22.7 Å². The van der Waals surface area contributed by atoms with Crippen LogP contribution in [-0.4, -0.2) is 6.54 Å². The van der Waals surface area contributed by atoms with Gasteiger partial charge in [0.05, 0.1) is 6.07 Å². The lowest BCUT2D eigenvalue weighted by Crippen LogP contribution is -2.34. The van der Waals surface area contributed by atoms with Gasteiger partial charge in [0.2, 0.25) is 0 Å². The third kappa shape index (κ3) is 5.53. The molecule has 110 valence electrons. The van der Waals surface area contributed by atoms with Crippen molar-refractivity contribution in [2.24, 2.45) is 11.3 Å². The van der Waals surface area contributed by atoms with Gasteiger partial charge < -0.3 is 5.32 Å². The van der Waals surface area contributed by atoms with Crippen LogP contribution >= 0.6 is 11.6 Å². The van der Waals surface area contributed by atoms with Crippen molar-refractivity contribution >= 4 is 11.6 Å². The van der Waals surface area contributed by atoms with Gasteiger partial charge in [-0.25, -0.2) is 0 Å². The maximum atomic E-state index is 8.72. The van der Waals surface area contributed by atoms with Crippen molar-refractivity contribution < 1.29 is 0 Å². The van der Waals surface area contributed by atoms with Crippen LogP contribution in [0.4, 0.5) is 0 Å². The number of rotatable bonds is 7. The number of hydrogen-bond donors (Lipinski definition) is 1. The Bertz CT molecular complexity index is 443. The van der Waals surface area contributed by atoms with E-state index in [1.807, 2.05) is 12.1 Å². The highest BCUT2D eigenvalue weighted by Crippen LogP contribution is 2.26. The van der Waals surface area contributed by atoms with Crippen molar-refractivity contribution in [2.45, 2.75) is 46.6 Å². The van der Waals surface area contributed by atoms with Crippen LogP contribution in [-0.2, 0) is 0 Å².